The predicted molar refractivity (Wildman–Crippen MR) is 106 cm³/mol. The number of carbonyl (C=O) groups is 2. The van der Waals surface area contributed by atoms with Crippen molar-refractivity contribution in [2.75, 3.05) is 32.0 Å². The summed E-state index contributed by atoms with van der Waals surface area (Å²) in [5.41, 5.74) is 1.70. The van der Waals surface area contributed by atoms with Gasteiger partial charge in [-0.2, -0.15) is 0 Å². The van der Waals surface area contributed by atoms with E-state index in [0.29, 0.717) is 22.7 Å². The number of carbonyl (C=O) groups excluding carboxylic acids is 2. The molecule has 2 heterocycles. The monoisotopic (exact) mass is 366 g/mol. The highest BCUT2D eigenvalue weighted by molar-refractivity contribution is 6.04. The van der Waals surface area contributed by atoms with Gasteiger partial charge in [0.25, 0.3) is 11.8 Å². The number of benzene rings is 1. The molecule has 1 aliphatic rings. The highest BCUT2D eigenvalue weighted by Gasteiger charge is 2.23. The van der Waals surface area contributed by atoms with Crippen LogP contribution < -0.4 is 10.6 Å². The zero-order valence-corrected chi connectivity index (χ0v) is 15.6. The van der Waals surface area contributed by atoms with Crippen LogP contribution in [0.4, 0.5) is 5.69 Å². The van der Waals surface area contributed by atoms with Crippen molar-refractivity contribution in [1.82, 2.24) is 15.2 Å². The molecule has 1 fully saturated rings. The molecule has 0 radical (unpaired) electrons. The lowest BCUT2D eigenvalue weighted by atomic mass is 9.93. The van der Waals surface area contributed by atoms with E-state index in [0.717, 1.165) is 38.9 Å². The Kier molecular flexibility index (Phi) is 6.54. The standard InChI is InChI=1S/C21H26N4O2/c1-22-11-7-16-8-12-25(13-9-16)21(27)17-4-2-6-19(14-17)24-20(26)18-5-3-10-23-15-18/h2-6,10,14-16,22H,7-9,11-13H2,1H3,(H,24,26). The molecule has 27 heavy (non-hydrogen) atoms. The van der Waals surface area contributed by atoms with Crippen molar-refractivity contribution in [1.29, 1.82) is 0 Å². The number of pyridine rings is 1. The molecular formula is C21H26N4O2. The largest absolute Gasteiger partial charge is 0.339 e. The van der Waals surface area contributed by atoms with Crippen molar-refractivity contribution in [3.05, 3.63) is 59.9 Å². The van der Waals surface area contributed by atoms with E-state index in [-0.39, 0.29) is 11.8 Å². The number of anilines is 1. The topological polar surface area (TPSA) is 74.3 Å². The molecule has 1 aromatic heterocycles. The molecular weight excluding hydrogens is 340 g/mol. The first-order valence-electron chi connectivity index (χ1n) is 9.42. The number of nitrogens with one attached hydrogen (secondary N) is 2. The molecule has 6 heteroatoms. The van der Waals surface area contributed by atoms with Crippen LogP contribution >= 0.6 is 0 Å². The Morgan fingerprint density at radius 3 is 2.63 bits per heavy atom. The summed E-state index contributed by atoms with van der Waals surface area (Å²) in [7, 11) is 1.97. The van der Waals surface area contributed by atoms with E-state index >= 15 is 0 Å². The Hall–Kier alpha value is -2.73. The smallest absolute Gasteiger partial charge is 0.257 e. The first kappa shape index (κ1) is 19.0. The molecule has 1 aliphatic heterocycles. The zero-order chi connectivity index (χ0) is 19.1. The van der Waals surface area contributed by atoms with E-state index < -0.39 is 0 Å². The van der Waals surface area contributed by atoms with E-state index in [1.807, 2.05) is 11.9 Å². The molecule has 0 atom stereocenters. The van der Waals surface area contributed by atoms with Gasteiger partial charge in [-0.05, 0) is 69.1 Å². The van der Waals surface area contributed by atoms with Crippen molar-refractivity contribution in [3.63, 3.8) is 0 Å². The lowest BCUT2D eigenvalue weighted by molar-refractivity contribution is 0.0687. The second kappa shape index (κ2) is 9.28. The SMILES string of the molecule is CNCCC1CCN(C(=O)c2cccc(NC(=O)c3cccnc3)c2)CC1. The molecule has 3 rings (SSSR count). The van der Waals surface area contributed by atoms with Gasteiger partial charge < -0.3 is 15.5 Å². The normalized spacial score (nSPS) is 14.8. The van der Waals surface area contributed by atoms with Crippen LogP contribution in [0.3, 0.4) is 0 Å². The maximum Gasteiger partial charge on any atom is 0.257 e. The third kappa shape index (κ3) is 5.14. The number of hydrogen-bond donors (Lipinski definition) is 2. The number of amides is 2. The zero-order valence-electron chi connectivity index (χ0n) is 15.6. The van der Waals surface area contributed by atoms with Crippen molar-refractivity contribution in [2.24, 2.45) is 5.92 Å². The van der Waals surface area contributed by atoms with Crippen molar-refractivity contribution < 1.29 is 9.59 Å². The van der Waals surface area contributed by atoms with E-state index in [9.17, 15) is 9.59 Å². The summed E-state index contributed by atoms with van der Waals surface area (Å²) in [6.45, 7) is 2.61. The van der Waals surface area contributed by atoms with Gasteiger partial charge in [-0.1, -0.05) is 6.07 Å². The summed E-state index contributed by atoms with van der Waals surface area (Å²) in [6.07, 6.45) is 6.39. The van der Waals surface area contributed by atoms with Crippen LogP contribution in [0.2, 0.25) is 0 Å². The van der Waals surface area contributed by atoms with Gasteiger partial charge >= 0.3 is 0 Å². The molecule has 0 spiro atoms. The van der Waals surface area contributed by atoms with Crippen LogP contribution in [-0.4, -0.2) is 48.4 Å². The van der Waals surface area contributed by atoms with Gasteiger partial charge in [0.2, 0.25) is 0 Å². The molecule has 0 saturated carbocycles. The van der Waals surface area contributed by atoms with Gasteiger partial charge in [0.15, 0.2) is 0 Å². The van der Waals surface area contributed by atoms with Gasteiger partial charge in [-0.3, -0.25) is 14.6 Å². The molecule has 6 nitrogen and oxygen atoms in total. The molecule has 1 saturated heterocycles. The molecule has 0 unspecified atom stereocenters. The fraction of sp³-hybridized carbons (Fsp3) is 0.381. The Labute approximate surface area is 160 Å². The summed E-state index contributed by atoms with van der Waals surface area (Å²) in [4.78, 5) is 31.0. The van der Waals surface area contributed by atoms with Crippen molar-refractivity contribution >= 4 is 17.5 Å². The van der Waals surface area contributed by atoms with Gasteiger partial charge in [0.05, 0.1) is 5.56 Å². The molecule has 0 bridgehead atoms. The van der Waals surface area contributed by atoms with Crippen LogP contribution in [0.1, 0.15) is 40.0 Å². The maximum atomic E-state index is 12.8. The molecule has 2 aromatic rings. The first-order valence-corrected chi connectivity index (χ1v) is 9.42. The van der Waals surface area contributed by atoms with Gasteiger partial charge in [-0.15, -0.1) is 0 Å². The minimum Gasteiger partial charge on any atom is -0.339 e. The number of hydrogen-bond acceptors (Lipinski definition) is 4. The van der Waals surface area contributed by atoms with E-state index in [1.54, 1.807) is 42.6 Å². The minimum atomic E-state index is -0.238. The second-order valence-electron chi connectivity index (χ2n) is 6.90. The predicted octanol–water partition coefficient (Wildman–Crippen LogP) is 2.80. The second-order valence-corrected chi connectivity index (χ2v) is 6.90. The number of nitrogens with zero attached hydrogens (tertiary/aromatic N) is 2. The quantitative estimate of drug-likeness (QED) is 0.824. The minimum absolute atomic E-state index is 0.0274. The summed E-state index contributed by atoms with van der Waals surface area (Å²) in [6, 6.07) is 10.5. The maximum absolute atomic E-state index is 12.8. The number of rotatable bonds is 6. The summed E-state index contributed by atoms with van der Waals surface area (Å²) in [5, 5.41) is 6.02. The molecule has 142 valence electrons. The van der Waals surface area contributed by atoms with Gasteiger partial charge in [-0.25, -0.2) is 0 Å². The average Bonchev–Trinajstić information content (AvgIpc) is 2.73. The van der Waals surface area contributed by atoms with Crippen molar-refractivity contribution in [3.8, 4) is 0 Å². The first-order chi connectivity index (χ1) is 13.2. The highest BCUT2D eigenvalue weighted by Crippen LogP contribution is 2.22. The molecule has 0 aliphatic carbocycles. The number of likely N-dealkylation sites (tertiary alicyclic amines) is 1. The van der Waals surface area contributed by atoms with Crippen LogP contribution in [0.15, 0.2) is 48.8 Å². The Morgan fingerprint density at radius 2 is 1.93 bits per heavy atom. The fourth-order valence-electron chi connectivity index (χ4n) is 3.39. The Morgan fingerprint density at radius 1 is 1.15 bits per heavy atom. The van der Waals surface area contributed by atoms with E-state index in [1.165, 1.54) is 6.20 Å². The summed E-state index contributed by atoms with van der Waals surface area (Å²) >= 11 is 0. The summed E-state index contributed by atoms with van der Waals surface area (Å²) < 4.78 is 0. The lowest BCUT2D eigenvalue weighted by Gasteiger charge is -2.32. The van der Waals surface area contributed by atoms with E-state index in [4.69, 9.17) is 0 Å². The Bertz CT molecular complexity index is 771. The number of aromatic nitrogens is 1. The number of piperidine rings is 1. The van der Waals surface area contributed by atoms with Crippen LogP contribution in [0.5, 0.6) is 0 Å². The van der Waals surface area contributed by atoms with Crippen LogP contribution in [0.25, 0.3) is 0 Å². The van der Waals surface area contributed by atoms with Crippen molar-refractivity contribution in [2.45, 2.75) is 19.3 Å². The van der Waals surface area contributed by atoms with E-state index in [2.05, 4.69) is 15.6 Å². The summed E-state index contributed by atoms with van der Waals surface area (Å²) in [5.74, 6) is 0.476. The molecule has 2 amide bonds. The van der Waals surface area contributed by atoms with Gasteiger partial charge in [0.1, 0.15) is 0 Å². The third-order valence-corrected chi connectivity index (χ3v) is 5.00. The van der Waals surface area contributed by atoms with Crippen LogP contribution in [0, 0.1) is 5.92 Å². The fourth-order valence-corrected chi connectivity index (χ4v) is 3.39. The third-order valence-electron chi connectivity index (χ3n) is 5.00. The molecule has 2 N–H and O–H groups in total. The molecule has 1 aromatic carbocycles. The van der Waals surface area contributed by atoms with Gasteiger partial charge in [0, 0.05) is 36.7 Å². The highest BCUT2D eigenvalue weighted by atomic mass is 16.2. The Balaban J connectivity index is 1.60. The lowest BCUT2D eigenvalue weighted by Crippen LogP contribution is -2.39. The average molecular weight is 366 g/mol. The van der Waals surface area contributed by atoms with Crippen LogP contribution in [-0.2, 0) is 0 Å².